The first-order valence-corrected chi connectivity index (χ1v) is 4.54. The summed E-state index contributed by atoms with van der Waals surface area (Å²) >= 11 is 0. The lowest BCUT2D eigenvalue weighted by atomic mass is 10.1. The average molecular weight is 180 g/mol. The second kappa shape index (κ2) is 3.34. The molecule has 1 aromatic heterocycles. The standard InChI is InChI=1S/C10H14NO2/c1-13-10(8-4-5-8)9-3-2-6-11(12)7-9/h2-3,6-8,10,12H,4-5H2,1H3/q+1. The van der Waals surface area contributed by atoms with Crippen LogP contribution in [0.3, 0.4) is 0 Å². The van der Waals surface area contributed by atoms with Crippen molar-refractivity contribution < 1.29 is 14.7 Å². The van der Waals surface area contributed by atoms with Gasteiger partial charge in [-0.1, -0.05) is 0 Å². The highest BCUT2D eigenvalue weighted by Gasteiger charge is 2.33. The van der Waals surface area contributed by atoms with Crippen molar-refractivity contribution in [2.24, 2.45) is 5.92 Å². The first-order valence-electron chi connectivity index (χ1n) is 4.54. The molecule has 0 bridgehead atoms. The van der Waals surface area contributed by atoms with Gasteiger partial charge in [0.05, 0.1) is 6.10 Å². The van der Waals surface area contributed by atoms with E-state index in [-0.39, 0.29) is 6.10 Å². The molecule has 1 N–H and O–H groups in total. The zero-order valence-corrected chi connectivity index (χ0v) is 7.68. The van der Waals surface area contributed by atoms with Crippen LogP contribution in [-0.2, 0) is 4.74 Å². The van der Waals surface area contributed by atoms with Gasteiger partial charge in [-0.05, 0) is 24.8 Å². The van der Waals surface area contributed by atoms with E-state index >= 15 is 0 Å². The molecule has 1 unspecified atom stereocenters. The summed E-state index contributed by atoms with van der Waals surface area (Å²) in [6.45, 7) is 0. The van der Waals surface area contributed by atoms with Crippen molar-refractivity contribution in [1.29, 1.82) is 0 Å². The van der Waals surface area contributed by atoms with Gasteiger partial charge in [0.2, 0.25) is 12.4 Å². The molecule has 0 spiro atoms. The van der Waals surface area contributed by atoms with Crippen molar-refractivity contribution in [3.63, 3.8) is 0 Å². The van der Waals surface area contributed by atoms with E-state index in [1.54, 1.807) is 19.5 Å². The second-order valence-electron chi connectivity index (χ2n) is 3.51. The van der Waals surface area contributed by atoms with Gasteiger partial charge in [0.25, 0.3) is 0 Å². The summed E-state index contributed by atoms with van der Waals surface area (Å²) in [5, 5.41) is 9.22. The Kier molecular flexibility index (Phi) is 2.19. The van der Waals surface area contributed by atoms with E-state index in [9.17, 15) is 5.21 Å². The Bertz CT molecular complexity index is 297. The molecule has 0 saturated heterocycles. The lowest BCUT2D eigenvalue weighted by Crippen LogP contribution is -2.29. The van der Waals surface area contributed by atoms with Crippen molar-refractivity contribution in [3.05, 3.63) is 30.1 Å². The molecule has 3 nitrogen and oxygen atoms in total. The molecule has 1 aliphatic carbocycles. The lowest BCUT2D eigenvalue weighted by Gasteiger charge is -2.11. The van der Waals surface area contributed by atoms with E-state index in [2.05, 4.69) is 0 Å². The monoisotopic (exact) mass is 180 g/mol. The Labute approximate surface area is 77.5 Å². The fourth-order valence-electron chi connectivity index (χ4n) is 1.65. The summed E-state index contributed by atoms with van der Waals surface area (Å²) in [5.41, 5.74) is 1.05. The molecule has 2 rings (SSSR count). The fourth-order valence-corrected chi connectivity index (χ4v) is 1.65. The van der Waals surface area contributed by atoms with E-state index in [0.29, 0.717) is 5.92 Å². The largest absolute Gasteiger partial charge is 0.376 e. The molecule has 0 aromatic carbocycles. The Morgan fingerprint density at radius 3 is 2.92 bits per heavy atom. The highest BCUT2D eigenvalue weighted by Crippen LogP contribution is 2.42. The number of aromatic nitrogens is 1. The predicted octanol–water partition coefficient (Wildman–Crippen LogP) is 1.31. The van der Waals surface area contributed by atoms with Crippen LogP contribution in [0.1, 0.15) is 24.5 Å². The molecule has 0 aliphatic heterocycles. The Morgan fingerprint density at radius 2 is 2.38 bits per heavy atom. The molecule has 1 fully saturated rings. The maximum atomic E-state index is 9.22. The number of nitrogens with zero attached hydrogens (tertiary/aromatic N) is 1. The highest BCUT2D eigenvalue weighted by molar-refractivity contribution is 5.12. The summed E-state index contributed by atoms with van der Waals surface area (Å²) in [5.74, 6) is 0.646. The number of hydrogen-bond donors (Lipinski definition) is 1. The van der Waals surface area contributed by atoms with Crippen LogP contribution >= 0.6 is 0 Å². The first kappa shape index (κ1) is 8.51. The first-order chi connectivity index (χ1) is 6.31. The summed E-state index contributed by atoms with van der Waals surface area (Å²) in [6, 6.07) is 3.81. The van der Waals surface area contributed by atoms with Gasteiger partial charge in [-0.2, -0.15) is 0 Å². The van der Waals surface area contributed by atoms with Gasteiger partial charge in [-0.15, -0.1) is 0 Å². The topological polar surface area (TPSA) is 33.3 Å². The summed E-state index contributed by atoms with van der Waals surface area (Å²) in [4.78, 5) is 0. The van der Waals surface area contributed by atoms with E-state index in [1.165, 1.54) is 12.8 Å². The number of rotatable bonds is 3. The predicted molar refractivity (Wildman–Crippen MR) is 46.3 cm³/mol. The Hall–Kier alpha value is -1.09. The quantitative estimate of drug-likeness (QED) is 0.562. The van der Waals surface area contributed by atoms with Crippen LogP contribution in [0.15, 0.2) is 24.5 Å². The van der Waals surface area contributed by atoms with Gasteiger partial charge >= 0.3 is 0 Å². The van der Waals surface area contributed by atoms with Crippen molar-refractivity contribution >= 4 is 0 Å². The smallest absolute Gasteiger partial charge is 0.228 e. The maximum absolute atomic E-state index is 9.22. The van der Waals surface area contributed by atoms with Gasteiger partial charge in [0.15, 0.2) is 0 Å². The maximum Gasteiger partial charge on any atom is 0.228 e. The van der Waals surface area contributed by atoms with Crippen molar-refractivity contribution in [1.82, 2.24) is 0 Å². The molecule has 1 atom stereocenters. The third-order valence-corrected chi connectivity index (χ3v) is 2.44. The van der Waals surface area contributed by atoms with Crippen LogP contribution in [0, 0.1) is 5.92 Å². The third-order valence-electron chi connectivity index (χ3n) is 2.44. The normalized spacial score (nSPS) is 18.5. The van der Waals surface area contributed by atoms with Crippen molar-refractivity contribution in [2.75, 3.05) is 7.11 Å². The molecule has 1 saturated carbocycles. The number of hydrogen-bond acceptors (Lipinski definition) is 2. The van der Waals surface area contributed by atoms with E-state index in [1.807, 2.05) is 12.1 Å². The van der Waals surface area contributed by atoms with Crippen LogP contribution in [0.25, 0.3) is 0 Å². The SMILES string of the molecule is COC(c1ccc[n+](O)c1)C1CC1. The number of methoxy groups -OCH3 is 1. The van der Waals surface area contributed by atoms with Crippen LogP contribution in [-0.4, -0.2) is 12.3 Å². The molecule has 3 heteroatoms. The minimum atomic E-state index is 0.152. The average Bonchev–Trinajstić information content (AvgIpc) is 2.90. The summed E-state index contributed by atoms with van der Waals surface area (Å²) < 4.78 is 6.46. The van der Waals surface area contributed by atoms with Crippen LogP contribution in [0.4, 0.5) is 0 Å². The molecule has 70 valence electrons. The highest BCUT2D eigenvalue weighted by atomic mass is 16.5. The van der Waals surface area contributed by atoms with Gasteiger partial charge in [0, 0.05) is 23.5 Å². The summed E-state index contributed by atoms with van der Waals surface area (Å²) in [7, 11) is 1.72. The van der Waals surface area contributed by atoms with Crippen LogP contribution in [0.2, 0.25) is 0 Å². The molecule has 0 amide bonds. The molecular formula is C10H14NO2+. The molecule has 13 heavy (non-hydrogen) atoms. The number of ether oxygens (including phenoxy) is 1. The lowest BCUT2D eigenvalue weighted by molar-refractivity contribution is -0.905. The van der Waals surface area contributed by atoms with Crippen molar-refractivity contribution in [2.45, 2.75) is 18.9 Å². The van der Waals surface area contributed by atoms with Crippen molar-refractivity contribution in [3.8, 4) is 0 Å². The Morgan fingerprint density at radius 1 is 1.62 bits per heavy atom. The van der Waals surface area contributed by atoms with Gasteiger partial charge in [-0.3, -0.25) is 5.21 Å². The third kappa shape index (κ3) is 1.80. The van der Waals surface area contributed by atoms with Gasteiger partial charge < -0.3 is 4.74 Å². The minimum Gasteiger partial charge on any atom is -0.376 e. The van der Waals surface area contributed by atoms with Crippen LogP contribution in [0.5, 0.6) is 0 Å². The van der Waals surface area contributed by atoms with E-state index in [4.69, 9.17) is 4.74 Å². The zero-order chi connectivity index (χ0) is 9.26. The molecule has 1 aromatic rings. The molecule has 1 heterocycles. The summed E-state index contributed by atoms with van der Waals surface area (Å²) in [6.07, 6.45) is 5.92. The van der Waals surface area contributed by atoms with E-state index < -0.39 is 0 Å². The fraction of sp³-hybridized carbons (Fsp3) is 0.500. The molecule has 1 aliphatic rings. The van der Waals surface area contributed by atoms with Gasteiger partial charge in [-0.25, -0.2) is 0 Å². The molecular weight excluding hydrogens is 166 g/mol. The zero-order valence-electron chi connectivity index (χ0n) is 7.68. The molecule has 0 radical (unpaired) electrons. The van der Waals surface area contributed by atoms with E-state index in [0.717, 1.165) is 10.3 Å². The van der Waals surface area contributed by atoms with Gasteiger partial charge in [0.1, 0.15) is 0 Å². The minimum absolute atomic E-state index is 0.152. The Balaban J connectivity index is 2.21. The van der Waals surface area contributed by atoms with Crippen LogP contribution < -0.4 is 4.73 Å². The number of pyridine rings is 1. The second-order valence-corrected chi connectivity index (χ2v) is 3.51.